The van der Waals surface area contributed by atoms with Gasteiger partial charge in [0.15, 0.2) is 0 Å². The minimum Gasteiger partial charge on any atom is -0.148 e. The maximum Gasteiger partial charge on any atom is 0.0477 e. The normalized spacial score (nSPS) is 13.7. The molecule has 9 heavy (non-hydrogen) atoms. The second kappa shape index (κ2) is 6.81. The van der Waals surface area contributed by atoms with Gasteiger partial charge in [0.2, 0.25) is 0 Å². The van der Waals surface area contributed by atoms with Crippen LogP contribution in [-0.2, 0) is 0 Å². The second-order valence-corrected chi connectivity index (χ2v) is 4.96. The van der Waals surface area contributed by atoms with Gasteiger partial charge < -0.3 is 0 Å². The van der Waals surface area contributed by atoms with E-state index in [-0.39, 0.29) is 0 Å². The highest BCUT2D eigenvalue weighted by molar-refractivity contribution is 8.17. The molecule has 0 bridgehead atoms. The third kappa shape index (κ3) is 6.59. The second-order valence-electron chi connectivity index (χ2n) is 1.73. The van der Waals surface area contributed by atoms with Gasteiger partial charge in [0, 0.05) is 10.3 Å². The molecular formula is C7H15S2. The monoisotopic (exact) mass is 163 g/mol. The van der Waals surface area contributed by atoms with Crippen LogP contribution >= 0.6 is 23.5 Å². The van der Waals surface area contributed by atoms with Crippen molar-refractivity contribution in [3.8, 4) is 0 Å². The molecule has 0 aromatic rings. The summed E-state index contributed by atoms with van der Waals surface area (Å²) in [5, 5.41) is 0. The van der Waals surface area contributed by atoms with Crippen molar-refractivity contribution in [2.75, 3.05) is 5.75 Å². The molecule has 0 fully saturated rings. The Labute approximate surface area is 67.2 Å². The zero-order valence-electron chi connectivity index (χ0n) is 6.39. The van der Waals surface area contributed by atoms with E-state index >= 15 is 0 Å². The first-order valence-corrected chi connectivity index (χ1v) is 5.39. The Morgan fingerprint density at radius 1 is 1.44 bits per heavy atom. The molecule has 0 aliphatic rings. The van der Waals surface area contributed by atoms with E-state index in [1.807, 2.05) is 23.5 Å². The van der Waals surface area contributed by atoms with Crippen LogP contribution in [0.25, 0.3) is 0 Å². The average molecular weight is 163 g/mol. The van der Waals surface area contributed by atoms with E-state index < -0.39 is 0 Å². The lowest BCUT2D eigenvalue weighted by Crippen LogP contribution is -1.87. The first-order valence-electron chi connectivity index (χ1n) is 3.40. The van der Waals surface area contributed by atoms with Crippen LogP contribution in [0.2, 0.25) is 0 Å². The van der Waals surface area contributed by atoms with Crippen LogP contribution in [0.3, 0.4) is 0 Å². The van der Waals surface area contributed by atoms with Crippen molar-refractivity contribution in [3.63, 3.8) is 0 Å². The van der Waals surface area contributed by atoms with Crippen LogP contribution in [0.5, 0.6) is 0 Å². The van der Waals surface area contributed by atoms with Gasteiger partial charge >= 0.3 is 0 Å². The van der Waals surface area contributed by atoms with E-state index in [0.717, 1.165) is 4.58 Å². The Kier molecular flexibility index (Phi) is 7.34. The van der Waals surface area contributed by atoms with Gasteiger partial charge in [0.25, 0.3) is 0 Å². The number of hydrogen-bond donors (Lipinski definition) is 0. The average Bonchev–Trinajstić information content (AvgIpc) is 1.85. The zero-order valence-corrected chi connectivity index (χ0v) is 8.02. The summed E-state index contributed by atoms with van der Waals surface area (Å²) >= 11 is 3.94. The first-order chi connectivity index (χ1) is 4.31. The molecule has 0 nitrogen and oxygen atoms in total. The molecule has 0 saturated heterocycles. The predicted octanol–water partition coefficient (Wildman–Crippen LogP) is 3.39. The summed E-state index contributed by atoms with van der Waals surface area (Å²) in [4.78, 5) is 0. The summed E-state index contributed by atoms with van der Waals surface area (Å²) in [6, 6.07) is 0. The van der Waals surface area contributed by atoms with Gasteiger partial charge in [0.05, 0.1) is 0 Å². The molecule has 0 spiro atoms. The fourth-order valence-electron chi connectivity index (χ4n) is 0.506. The summed E-state index contributed by atoms with van der Waals surface area (Å²) < 4.78 is 0.745. The molecule has 0 aromatic carbocycles. The molecule has 0 N–H and O–H groups in total. The highest BCUT2D eigenvalue weighted by atomic mass is 32.2. The van der Waals surface area contributed by atoms with Crippen LogP contribution in [-0.4, -0.2) is 10.3 Å². The van der Waals surface area contributed by atoms with Crippen molar-refractivity contribution in [2.24, 2.45) is 0 Å². The summed E-state index contributed by atoms with van der Waals surface area (Å²) in [6.07, 6.45) is 1.18. The van der Waals surface area contributed by atoms with E-state index in [1.54, 1.807) is 0 Å². The molecule has 0 heterocycles. The minimum atomic E-state index is 0.745. The third-order valence-electron chi connectivity index (χ3n) is 0.856. The highest BCUT2D eigenvalue weighted by Gasteiger charge is 1.98. The number of rotatable bonds is 5. The molecule has 2 heteroatoms. The molecule has 55 valence electrons. The van der Waals surface area contributed by atoms with Crippen LogP contribution in [0, 0.1) is 5.75 Å². The summed E-state index contributed by atoms with van der Waals surface area (Å²) in [5.74, 6) is 3.50. The van der Waals surface area contributed by atoms with Gasteiger partial charge in [-0.25, -0.2) is 0 Å². The van der Waals surface area contributed by atoms with Gasteiger partial charge in [-0.2, -0.15) is 0 Å². The van der Waals surface area contributed by atoms with E-state index in [9.17, 15) is 0 Å². The molecule has 1 radical (unpaired) electrons. The topological polar surface area (TPSA) is 0 Å². The lowest BCUT2D eigenvalue weighted by Gasteiger charge is -2.06. The fourth-order valence-corrected chi connectivity index (χ4v) is 2.40. The Morgan fingerprint density at radius 2 is 2.11 bits per heavy atom. The van der Waals surface area contributed by atoms with E-state index in [4.69, 9.17) is 0 Å². The number of hydrogen-bond acceptors (Lipinski definition) is 2. The summed E-state index contributed by atoms with van der Waals surface area (Å²) in [6.45, 7) is 6.63. The van der Waals surface area contributed by atoms with Crippen molar-refractivity contribution in [1.82, 2.24) is 0 Å². The quantitative estimate of drug-likeness (QED) is 0.570. The van der Waals surface area contributed by atoms with Crippen molar-refractivity contribution in [2.45, 2.75) is 31.8 Å². The maximum absolute atomic E-state index is 2.27. The van der Waals surface area contributed by atoms with E-state index in [2.05, 4.69) is 26.5 Å². The fraction of sp³-hybridized carbons (Fsp3) is 0.857. The smallest absolute Gasteiger partial charge is 0.0477 e. The molecule has 1 unspecified atom stereocenters. The molecule has 0 aliphatic carbocycles. The lowest BCUT2D eigenvalue weighted by atomic mass is 10.6. The van der Waals surface area contributed by atoms with E-state index in [1.165, 1.54) is 12.2 Å². The first kappa shape index (κ1) is 9.70. The van der Waals surface area contributed by atoms with Crippen molar-refractivity contribution in [1.29, 1.82) is 0 Å². The molecule has 0 amide bonds. The summed E-state index contributed by atoms with van der Waals surface area (Å²) in [5.41, 5.74) is 0. The van der Waals surface area contributed by atoms with Crippen LogP contribution in [0.1, 0.15) is 27.2 Å². The maximum atomic E-state index is 2.27. The third-order valence-corrected chi connectivity index (χ3v) is 3.31. The van der Waals surface area contributed by atoms with Crippen LogP contribution in [0.4, 0.5) is 0 Å². The van der Waals surface area contributed by atoms with E-state index in [0.29, 0.717) is 0 Å². The predicted molar refractivity (Wildman–Crippen MR) is 49.8 cm³/mol. The Hall–Kier alpha value is 0.700. The van der Waals surface area contributed by atoms with Gasteiger partial charge in [-0.05, 0) is 19.1 Å². The highest BCUT2D eigenvalue weighted by Crippen LogP contribution is 2.25. The number of thioether (sulfide) groups is 2. The van der Waals surface area contributed by atoms with Gasteiger partial charge in [-0.15, -0.1) is 23.5 Å². The summed E-state index contributed by atoms with van der Waals surface area (Å²) in [7, 11) is 0. The molecule has 0 aliphatic heterocycles. The Balaban J connectivity index is 2.95. The van der Waals surface area contributed by atoms with Gasteiger partial charge in [0.1, 0.15) is 0 Å². The molecule has 0 saturated carbocycles. The molecule has 0 aromatic heterocycles. The molecule has 1 atom stereocenters. The standard InChI is InChI=1S/C7H15S2/c1-4-6-9-7(3)8-5-2/h6-7H,4-5H2,1-3H3. The Morgan fingerprint density at radius 3 is 2.56 bits per heavy atom. The Bertz CT molecular complexity index is 54.9. The largest absolute Gasteiger partial charge is 0.148 e. The molecular weight excluding hydrogens is 148 g/mol. The van der Waals surface area contributed by atoms with Crippen LogP contribution < -0.4 is 0 Å². The van der Waals surface area contributed by atoms with Gasteiger partial charge in [-0.1, -0.05) is 13.8 Å². The zero-order chi connectivity index (χ0) is 7.11. The van der Waals surface area contributed by atoms with Crippen molar-refractivity contribution in [3.05, 3.63) is 5.75 Å². The van der Waals surface area contributed by atoms with Gasteiger partial charge in [-0.3, -0.25) is 0 Å². The molecule has 0 rings (SSSR count). The minimum absolute atomic E-state index is 0.745. The lowest BCUT2D eigenvalue weighted by molar-refractivity contribution is 1.19. The van der Waals surface area contributed by atoms with Crippen molar-refractivity contribution >= 4 is 23.5 Å². The SMILES string of the molecule is CC[CH]SC(C)SCC. The van der Waals surface area contributed by atoms with Crippen LogP contribution in [0.15, 0.2) is 0 Å². The van der Waals surface area contributed by atoms with Crippen molar-refractivity contribution < 1.29 is 0 Å².